The Bertz CT molecular complexity index is 645. The molecule has 1 aromatic heterocycles. The van der Waals surface area contributed by atoms with Crippen molar-refractivity contribution in [3.63, 3.8) is 0 Å². The number of nitrogens with one attached hydrogen (secondary N) is 3. The van der Waals surface area contributed by atoms with Gasteiger partial charge in [0.15, 0.2) is 5.82 Å². The summed E-state index contributed by atoms with van der Waals surface area (Å²) >= 11 is 0. The second-order valence-electron chi connectivity index (χ2n) is 5.71. The molecule has 0 aliphatic carbocycles. The molecule has 0 radical (unpaired) electrons. The third-order valence-corrected chi connectivity index (χ3v) is 3.88. The van der Waals surface area contributed by atoms with Crippen LogP contribution in [-0.4, -0.2) is 33.7 Å². The number of carbonyl (C=O) groups excluding carboxylic acids is 1. The van der Waals surface area contributed by atoms with Gasteiger partial charge in [-0.1, -0.05) is 12.1 Å². The summed E-state index contributed by atoms with van der Waals surface area (Å²) in [4.78, 5) is 16.3. The molecule has 3 N–H and O–H groups in total. The molecule has 6 nitrogen and oxygen atoms in total. The second kappa shape index (κ2) is 6.70. The third-order valence-electron chi connectivity index (χ3n) is 3.88. The fourth-order valence-corrected chi connectivity index (χ4v) is 2.74. The van der Waals surface area contributed by atoms with Crippen LogP contribution in [0.15, 0.2) is 24.3 Å². The van der Waals surface area contributed by atoms with Crippen molar-refractivity contribution in [2.45, 2.75) is 38.6 Å². The maximum atomic E-state index is 12.0. The number of carbonyl (C=O) groups is 1. The van der Waals surface area contributed by atoms with E-state index in [1.165, 1.54) is 12.8 Å². The van der Waals surface area contributed by atoms with E-state index in [0.29, 0.717) is 18.3 Å². The van der Waals surface area contributed by atoms with Crippen LogP contribution in [0.5, 0.6) is 0 Å². The molecule has 116 valence electrons. The maximum Gasteiger partial charge on any atom is 0.224 e. The average molecular weight is 299 g/mol. The van der Waals surface area contributed by atoms with Crippen LogP contribution in [0, 0.1) is 6.92 Å². The molecule has 1 fully saturated rings. The number of amides is 1. The zero-order chi connectivity index (χ0) is 15.4. The zero-order valence-corrected chi connectivity index (χ0v) is 12.7. The molecule has 3 rings (SSSR count). The summed E-state index contributed by atoms with van der Waals surface area (Å²) in [5, 5.41) is 13.3. The number of nitrogens with zero attached hydrogens (tertiary/aromatic N) is 2. The van der Waals surface area contributed by atoms with Crippen LogP contribution in [0.1, 0.15) is 31.5 Å². The first-order valence-corrected chi connectivity index (χ1v) is 7.73. The summed E-state index contributed by atoms with van der Waals surface area (Å²) in [7, 11) is 0. The van der Waals surface area contributed by atoms with Gasteiger partial charge in [-0.3, -0.25) is 9.89 Å². The quantitative estimate of drug-likeness (QED) is 0.791. The first kappa shape index (κ1) is 14.7. The van der Waals surface area contributed by atoms with Crippen LogP contribution in [0.3, 0.4) is 0 Å². The average Bonchev–Trinajstić information content (AvgIpc) is 3.17. The number of aromatic amines is 1. The number of aromatic nitrogens is 3. The van der Waals surface area contributed by atoms with Crippen molar-refractivity contribution in [2.24, 2.45) is 0 Å². The number of hydrogen-bond acceptors (Lipinski definition) is 4. The Morgan fingerprint density at radius 3 is 3.09 bits per heavy atom. The van der Waals surface area contributed by atoms with E-state index in [9.17, 15) is 4.79 Å². The highest BCUT2D eigenvalue weighted by atomic mass is 16.1. The number of anilines is 1. The molecule has 2 heterocycles. The lowest BCUT2D eigenvalue weighted by Gasteiger charge is -2.10. The molecule has 0 spiro atoms. The van der Waals surface area contributed by atoms with E-state index in [1.807, 2.05) is 31.2 Å². The molecular weight excluding hydrogens is 278 g/mol. The maximum absolute atomic E-state index is 12.0. The summed E-state index contributed by atoms with van der Waals surface area (Å²) in [5.74, 6) is 1.47. The molecule has 1 aliphatic rings. The summed E-state index contributed by atoms with van der Waals surface area (Å²) < 4.78 is 0. The Hall–Kier alpha value is -2.21. The Morgan fingerprint density at radius 2 is 2.36 bits per heavy atom. The topological polar surface area (TPSA) is 82.7 Å². The molecule has 0 saturated carbocycles. The van der Waals surface area contributed by atoms with E-state index in [-0.39, 0.29) is 5.91 Å². The number of rotatable bonds is 5. The fourth-order valence-electron chi connectivity index (χ4n) is 2.74. The highest BCUT2D eigenvalue weighted by Gasteiger charge is 2.15. The molecular formula is C16H21N5O. The third kappa shape index (κ3) is 3.71. The van der Waals surface area contributed by atoms with E-state index in [1.54, 1.807) is 0 Å². The van der Waals surface area contributed by atoms with Gasteiger partial charge in [-0.2, -0.15) is 5.10 Å². The predicted octanol–water partition coefficient (Wildman–Crippen LogP) is 2.25. The van der Waals surface area contributed by atoms with Crippen molar-refractivity contribution in [3.8, 4) is 11.4 Å². The standard InChI is InChI=1S/C16H21N5O/c1-11-18-16(21-20-11)12-4-2-5-14(10-12)19-15(22)8-7-13-6-3-9-17-13/h2,4-5,10,13,17H,3,6-9H2,1H3,(H,19,22)(H,18,20,21). The highest BCUT2D eigenvalue weighted by Crippen LogP contribution is 2.19. The van der Waals surface area contributed by atoms with Crippen molar-refractivity contribution >= 4 is 11.6 Å². The SMILES string of the molecule is Cc1nc(-c2cccc(NC(=O)CCC3CCCN3)c2)n[nH]1. The summed E-state index contributed by atoms with van der Waals surface area (Å²) in [5.41, 5.74) is 1.67. The van der Waals surface area contributed by atoms with Gasteiger partial charge in [-0.25, -0.2) is 4.98 Å². The molecule has 1 unspecified atom stereocenters. The van der Waals surface area contributed by atoms with Gasteiger partial charge >= 0.3 is 0 Å². The van der Waals surface area contributed by atoms with Crippen molar-refractivity contribution in [2.75, 3.05) is 11.9 Å². The Balaban J connectivity index is 1.58. The van der Waals surface area contributed by atoms with Crippen LogP contribution >= 0.6 is 0 Å². The highest BCUT2D eigenvalue weighted by molar-refractivity contribution is 5.91. The molecule has 1 atom stereocenters. The molecule has 1 amide bonds. The van der Waals surface area contributed by atoms with E-state index in [0.717, 1.165) is 30.0 Å². The number of hydrogen-bond donors (Lipinski definition) is 3. The minimum absolute atomic E-state index is 0.0528. The van der Waals surface area contributed by atoms with Gasteiger partial charge in [-0.15, -0.1) is 0 Å². The van der Waals surface area contributed by atoms with E-state index < -0.39 is 0 Å². The minimum atomic E-state index is 0.0528. The van der Waals surface area contributed by atoms with Crippen molar-refractivity contribution < 1.29 is 4.79 Å². The monoisotopic (exact) mass is 299 g/mol. The molecule has 2 aromatic rings. The molecule has 1 aromatic carbocycles. The predicted molar refractivity (Wildman–Crippen MR) is 85.4 cm³/mol. The van der Waals surface area contributed by atoms with Gasteiger partial charge in [0.1, 0.15) is 5.82 Å². The van der Waals surface area contributed by atoms with Gasteiger partial charge in [0.25, 0.3) is 0 Å². The van der Waals surface area contributed by atoms with Crippen LogP contribution in [0.25, 0.3) is 11.4 Å². The van der Waals surface area contributed by atoms with Crippen LogP contribution in [0.4, 0.5) is 5.69 Å². The lowest BCUT2D eigenvalue weighted by molar-refractivity contribution is -0.116. The molecule has 1 aliphatic heterocycles. The Kier molecular flexibility index (Phi) is 4.48. The largest absolute Gasteiger partial charge is 0.326 e. The van der Waals surface area contributed by atoms with E-state index >= 15 is 0 Å². The van der Waals surface area contributed by atoms with Crippen LogP contribution in [-0.2, 0) is 4.79 Å². The molecule has 0 bridgehead atoms. The smallest absolute Gasteiger partial charge is 0.224 e. The molecule has 6 heteroatoms. The Morgan fingerprint density at radius 1 is 1.45 bits per heavy atom. The molecule has 22 heavy (non-hydrogen) atoms. The minimum Gasteiger partial charge on any atom is -0.326 e. The van der Waals surface area contributed by atoms with Gasteiger partial charge in [0.2, 0.25) is 5.91 Å². The summed E-state index contributed by atoms with van der Waals surface area (Å²) in [6, 6.07) is 8.10. The second-order valence-corrected chi connectivity index (χ2v) is 5.71. The lowest BCUT2D eigenvalue weighted by Crippen LogP contribution is -2.23. The molecule has 1 saturated heterocycles. The van der Waals surface area contributed by atoms with Crippen molar-refractivity contribution in [1.82, 2.24) is 20.5 Å². The van der Waals surface area contributed by atoms with Gasteiger partial charge < -0.3 is 10.6 Å². The summed E-state index contributed by atoms with van der Waals surface area (Å²) in [6.45, 7) is 2.93. The van der Waals surface area contributed by atoms with Gasteiger partial charge in [-0.05, 0) is 44.9 Å². The van der Waals surface area contributed by atoms with Gasteiger partial charge in [0, 0.05) is 23.7 Å². The number of aryl methyl sites for hydroxylation is 1. The lowest BCUT2D eigenvalue weighted by atomic mass is 10.1. The van der Waals surface area contributed by atoms with Crippen LogP contribution in [0.2, 0.25) is 0 Å². The number of H-pyrrole nitrogens is 1. The normalized spacial score (nSPS) is 17.6. The fraction of sp³-hybridized carbons (Fsp3) is 0.438. The van der Waals surface area contributed by atoms with Crippen LogP contribution < -0.4 is 10.6 Å². The van der Waals surface area contributed by atoms with E-state index in [2.05, 4.69) is 25.8 Å². The van der Waals surface area contributed by atoms with Crippen molar-refractivity contribution in [1.29, 1.82) is 0 Å². The van der Waals surface area contributed by atoms with E-state index in [4.69, 9.17) is 0 Å². The van der Waals surface area contributed by atoms with Crippen molar-refractivity contribution in [3.05, 3.63) is 30.1 Å². The first-order valence-electron chi connectivity index (χ1n) is 7.73. The zero-order valence-electron chi connectivity index (χ0n) is 12.7. The number of benzene rings is 1. The van der Waals surface area contributed by atoms with Gasteiger partial charge in [0.05, 0.1) is 0 Å². The Labute approximate surface area is 129 Å². The summed E-state index contributed by atoms with van der Waals surface area (Å²) in [6.07, 6.45) is 3.82. The first-order chi connectivity index (χ1) is 10.7.